The molecule has 0 unspecified atom stereocenters. The van der Waals surface area contributed by atoms with Crippen LogP contribution in [-0.2, 0) is 25.2 Å². The van der Waals surface area contributed by atoms with Crippen molar-refractivity contribution in [2.24, 2.45) is 0 Å². The summed E-state index contributed by atoms with van der Waals surface area (Å²) in [7, 11) is 0. The number of benzene rings is 1. The van der Waals surface area contributed by atoms with Crippen molar-refractivity contribution in [2.45, 2.75) is 50.9 Å². The van der Waals surface area contributed by atoms with Gasteiger partial charge in [0.1, 0.15) is 28.7 Å². The third-order valence-electron chi connectivity index (χ3n) is 5.34. The fourth-order valence-corrected chi connectivity index (χ4v) is 3.64. The molecule has 1 N–H and O–H groups in total. The number of nitrogens with zero attached hydrogens (tertiary/aromatic N) is 1. The topological polar surface area (TPSA) is 49.8 Å². The summed E-state index contributed by atoms with van der Waals surface area (Å²) in [5, 5.41) is 11.2. The van der Waals surface area contributed by atoms with Crippen molar-refractivity contribution in [3.8, 4) is 0 Å². The van der Waals surface area contributed by atoms with E-state index in [4.69, 9.17) is 8.83 Å². The zero-order valence-electron chi connectivity index (χ0n) is 17.8. The van der Waals surface area contributed by atoms with Crippen LogP contribution in [0.2, 0.25) is 0 Å². The first-order chi connectivity index (χ1) is 15.0. The zero-order chi connectivity index (χ0) is 22.1. The maximum atomic E-state index is 14.2. The van der Waals surface area contributed by atoms with Gasteiger partial charge in [0.25, 0.3) is 0 Å². The minimum atomic E-state index is -1.07. The molecule has 0 atom stereocenters. The highest BCUT2D eigenvalue weighted by Crippen LogP contribution is 2.33. The Bertz CT molecular complexity index is 949. The number of aliphatic hydroxyl groups is 1. The monoisotopic (exact) mass is 423 g/mol. The lowest BCUT2D eigenvalue weighted by atomic mass is 9.89. The minimum Gasteiger partial charge on any atom is -0.468 e. The molecule has 0 bridgehead atoms. The Hall–Kier alpha value is -2.89. The van der Waals surface area contributed by atoms with Gasteiger partial charge in [0.15, 0.2) is 0 Å². The Morgan fingerprint density at radius 2 is 1.61 bits per heavy atom. The first kappa shape index (κ1) is 22.8. The third-order valence-corrected chi connectivity index (χ3v) is 5.34. The van der Waals surface area contributed by atoms with Crippen LogP contribution in [-0.4, -0.2) is 10.0 Å². The molecule has 0 spiro atoms. The van der Waals surface area contributed by atoms with Gasteiger partial charge in [0.2, 0.25) is 0 Å². The van der Waals surface area contributed by atoms with Crippen LogP contribution in [0.1, 0.15) is 48.5 Å². The molecule has 31 heavy (non-hydrogen) atoms. The molecule has 3 rings (SSSR count). The summed E-state index contributed by atoms with van der Waals surface area (Å²) < 4.78 is 25.8. The molecule has 0 amide bonds. The maximum absolute atomic E-state index is 14.2. The summed E-state index contributed by atoms with van der Waals surface area (Å²) in [5.74, 6) is 1.79. The highest BCUT2D eigenvalue weighted by molar-refractivity contribution is 5.18. The molecule has 0 fully saturated rings. The Kier molecular flexibility index (Phi) is 8.04. The maximum Gasteiger partial charge on any atom is 0.135 e. The molecule has 2 aromatic heterocycles. The fraction of sp³-hybridized carbons (Fsp3) is 0.308. The van der Waals surface area contributed by atoms with Crippen molar-refractivity contribution in [3.63, 3.8) is 0 Å². The summed E-state index contributed by atoms with van der Waals surface area (Å²) in [5.41, 5.74) is -0.466. The van der Waals surface area contributed by atoms with Crippen LogP contribution < -0.4 is 0 Å². The first-order valence-electron chi connectivity index (χ1n) is 10.6. The van der Waals surface area contributed by atoms with E-state index in [9.17, 15) is 9.50 Å². The summed E-state index contributed by atoms with van der Waals surface area (Å²) in [6.45, 7) is 8.88. The van der Waals surface area contributed by atoms with Crippen LogP contribution in [0.4, 0.5) is 4.39 Å². The summed E-state index contributed by atoms with van der Waals surface area (Å²) >= 11 is 0. The summed E-state index contributed by atoms with van der Waals surface area (Å²) in [6.07, 6.45) is 7.64. The molecular formula is C26H30FNO3. The van der Waals surface area contributed by atoms with E-state index in [1.807, 2.05) is 35.2 Å². The van der Waals surface area contributed by atoms with Gasteiger partial charge < -0.3 is 13.9 Å². The van der Waals surface area contributed by atoms with Gasteiger partial charge in [-0.2, -0.15) is 0 Å². The van der Waals surface area contributed by atoms with E-state index in [1.165, 1.54) is 6.07 Å². The molecule has 5 heteroatoms. The highest BCUT2D eigenvalue weighted by Gasteiger charge is 2.31. The molecule has 0 radical (unpaired) electrons. The van der Waals surface area contributed by atoms with Crippen LogP contribution in [0.5, 0.6) is 0 Å². The van der Waals surface area contributed by atoms with E-state index in [0.717, 1.165) is 5.76 Å². The number of allylic oxidation sites excluding steroid dienone is 2. The quantitative estimate of drug-likeness (QED) is 0.326. The smallest absolute Gasteiger partial charge is 0.135 e. The van der Waals surface area contributed by atoms with Crippen molar-refractivity contribution < 1.29 is 18.3 Å². The molecular weight excluding hydrogens is 393 g/mol. The second kappa shape index (κ2) is 10.9. The van der Waals surface area contributed by atoms with E-state index >= 15 is 0 Å². The van der Waals surface area contributed by atoms with Crippen molar-refractivity contribution in [1.82, 2.24) is 4.90 Å². The van der Waals surface area contributed by atoms with Crippen LogP contribution in [0.15, 0.2) is 88.9 Å². The van der Waals surface area contributed by atoms with Gasteiger partial charge in [0, 0.05) is 12.1 Å². The zero-order valence-corrected chi connectivity index (χ0v) is 17.8. The number of hydrogen-bond acceptors (Lipinski definition) is 4. The molecule has 0 aliphatic carbocycles. The summed E-state index contributed by atoms with van der Waals surface area (Å²) in [4.78, 5) is 2.05. The van der Waals surface area contributed by atoms with Crippen molar-refractivity contribution >= 4 is 0 Å². The lowest BCUT2D eigenvalue weighted by Crippen LogP contribution is -2.25. The minimum absolute atomic E-state index is 0.240. The molecule has 0 aliphatic heterocycles. The Balaban J connectivity index is 1.79. The normalized spacial score (nSPS) is 11.7. The number of halogens is 1. The average molecular weight is 424 g/mol. The SMILES string of the molecule is C=CCCC(O)(CCC=C)c1ccc(CN(Cc2ccco2)Cc2ccccc2F)o1. The molecule has 164 valence electrons. The number of rotatable bonds is 13. The second-order valence-electron chi connectivity index (χ2n) is 7.77. The molecule has 0 aliphatic rings. The van der Waals surface area contributed by atoms with E-state index in [0.29, 0.717) is 62.4 Å². The first-order valence-corrected chi connectivity index (χ1v) is 10.6. The van der Waals surface area contributed by atoms with Gasteiger partial charge in [-0.15, -0.1) is 13.2 Å². The number of hydrogen-bond donors (Lipinski definition) is 1. The molecule has 4 nitrogen and oxygen atoms in total. The van der Waals surface area contributed by atoms with Crippen LogP contribution in [0, 0.1) is 5.82 Å². The van der Waals surface area contributed by atoms with E-state index < -0.39 is 5.60 Å². The lowest BCUT2D eigenvalue weighted by Gasteiger charge is -2.25. The molecule has 0 saturated heterocycles. The van der Waals surface area contributed by atoms with E-state index in [2.05, 4.69) is 13.2 Å². The van der Waals surface area contributed by atoms with Crippen LogP contribution >= 0.6 is 0 Å². The fourth-order valence-electron chi connectivity index (χ4n) is 3.64. The third kappa shape index (κ3) is 6.29. The van der Waals surface area contributed by atoms with Gasteiger partial charge in [-0.05, 0) is 56.0 Å². The molecule has 2 heterocycles. The highest BCUT2D eigenvalue weighted by atomic mass is 19.1. The van der Waals surface area contributed by atoms with E-state index in [-0.39, 0.29) is 5.82 Å². The van der Waals surface area contributed by atoms with Gasteiger partial charge >= 0.3 is 0 Å². The average Bonchev–Trinajstić information content (AvgIpc) is 3.45. The predicted molar refractivity (Wildman–Crippen MR) is 120 cm³/mol. The van der Waals surface area contributed by atoms with Crippen molar-refractivity contribution in [2.75, 3.05) is 0 Å². The van der Waals surface area contributed by atoms with Crippen LogP contribution in [0.3, 0.4) is 0 Å². The van der Waals surface area contributed by atoms with E-state index in [1.54, 1.807) is 30.5 Å². The predicted octanol–water partition coefficient (Wildman–Crippen LogP) is 6.33. The molecule has 1 aromatic carbocycles. The largest absolute Gasteiger partial charge is 0.468 e. The Morgan fingerprint density at radius 1 is 0.903 bits per heavy atom. The molecule has 0 saturated carbocycles. The van der Waals surface area contributed by atoms with Gasteiger partial charge in [-0.1, -0.05) is 30.4 Å². The molecule has 3 aromatic rings. The van der Waals surface area contributed by atoms with Gasteiger partial charge in [-0.3, -0.25) is 4.90 Å². The number of furan rings is 2. The van der Waals surface area contributed by atoms with Crippen LogP contribution in [0.25, 0.3) is 0 Å². The Morgan fingerprint density at radius 3 is 2.26 bits per heavy atom. The Labute approximate surface area is 183 Å². The standard InChI is InChI=1S/C26H30FNO3/c1-3-5-15-26(29,16-6-4-2)25-14-13-23(31-25)20-28(19-22-11-9-17-30-22)18-21-10-7-8-12-24(21)27/h3-4,7-14,17,29H,1-2,5-6,15-16,18-20H2. The van der Waals surface area contributed by atoms with Gasteiger partial charge in [-0.25, -0.2) is 4.39 Å². The second-order valence-corrected chi connectivity index (χ2v) is 7.77. The van der Waals surface area contributed by atoms with Crippen molar-refractivity contribution in [1.29, 1.82) is 0 Å². The van der Waals surface area contributed by atoms with Gasteiger partial charge in [0.05, 0.1) is 19.4 Å². The lowest BCUT2D eigenvalue weighted by molar-refractivity contribution is -0.00224. The van der Waals surface area contributed by atoms with Crippen molar-refractivity contribution in [3.05, 3.63) is 109 Å². The summed E-state index contributed by atoms with van der Waals surface area (Å²) in [6, 6.07) is 14.2.